The van der Waals surface area contributed by atoms with Crippen LogP contribution in [0, 0.1) is 5.92 Å². The zero-order chi connectivity index (χ0) is 13.1. The molecule has 96 valence electrons. The van der Waals surface area contributed by atoms with Crippen LogP contribution in [0.15, 0.2) is 24.3 Å². The van der Waals surface area contributed by atoms with Gasteiger partial charge in [0.15, 0.2) is 0 Å². The third-order valence-corrected chi connectivity index (χ3v) is 2.83. The molecule has 0 spiro atoms. The van der Waals surface area contributed by atoms with Crippen LogP contribution in [-0.4, -0.2) is 23.7 Å². The van der Waals surface area contributed by atoms with E-state index in [4.69, 9.17) is 14.6 Å². The first-order chi connectivity index (χ1) is 8.61. The highest BCUT2D eigenvalue weighted by atomic mass is 16.6. The highest BCUT2D eigenvalue weighted by molar-refractivity contribution is 5.82. The van der Waals surface area contributed by atoms with Crippen molar-refractivity contribution in [2.45, 2.75) is 19.4 Å². The second-order valence-electron chi connectivity index (χ2n) is 4.06. The Morgan fingerprint density at radius 3 is 3.00 bits per heavy atom. The van der Waals surface area contributed by atoms with Gasteiger partial charge in [0.1, 0.15) is 17.8 Å². The summed E-state index contributed by atoms with van der Waals surface area (Å²) in [6.45, 7) is 2.39. The fraction of sp³-hybridized carbons (Fsp3) is 0.385. The summed E-state index contributed by atoms with van der Waals surface area (Å²) in [5, 5.41) is 9.07. The summed E-state index contributed by atoms with van der Waals surface area (Å²) < 4.78 is 10.4. The molecule has 5 heteroatoms. The van der Waals surface area contributed by atoms with Crippen molar-refractivity contribution in [3.8, 4) is 5.75 Å². The van der Waals surface area contributed by atoms with E-state index in [9.17, 15) is 9.59 Å². The highest BCUT2D eigenvalue weighted by Gasteiger charge is 2.40. The number of carboxylic acid groups (broad SMARTS) is 1. The number of benzene rings is 1. The molecule has 1 aliphatic heterocycles. The van der Waals surface area contributed by atoms with Crippen LogP contribution < -0.4 is 4.74 Å². The van der Waals surface area contributed by atoms with Crippen molar-refractivity contribution in [2.24, 2.45) is 5.92 Å². The van der Waals surface area contributed by atoms with Crippen LogP contribution in [0.5, 0.6) is 5.75 Å². The molecule has 1 N–H and O–H groups in total. The minimum Gasteiger partial charge on any atom is -0.494 e. The summed E-state index contributed by atoms with van der Waals surface area (Å²) in [7, 11) is 0. The van der Waals surface area contributed by atoms with Gasteiger partial charge in [-0.2, -0.15) is 0 Å². The van der Waals surface area contributed by atoms with Gasteiger partial charge in [-0.15, -0.1) is 0 Å². The van der Waals surface area contributed by atoms with E-state index >= 15 is 0 Å². The van der Waals surface area contributed by atoms with Crippen LogP contribution in [0.3, 0.4) is 0 Å². The van der Waals surface area contributed by atoms with Crippen LogP contribution >= 0.6 is 0 Å². The Bertz CT molecular complexity index is 468. The van der Waals surface area contributed by atoms with Crippen molar-refractivity contribution in [1.29, 1.82) is 0 Å². The maximum atomic E-state index is 11.2. The lowest BCUT2D eigenvalue weighted by Gasteiger charge is -2.15. The molecule has 1 aromatic carbocycles. The van der Waals surface area contributed by atoms with Gasteiger partial charge in [-0.05, 0) is 24.6 Å². The molecule has 2 rings (SSSR count). The van der Waals surface area contributed by atoms with Crippen LogP contribution in [-0.2, 0) is 14.3 Å². The summed E-state index contributed by atoms with van der Waals surface area (Å²) in [6, 6.07) is 6.98. The first-order valence-electron chi connectivity index (χ1n) is 5.77. The Labute approximate surface area is 104 Å². The molecule has 1 aromatic rings. The minimum atomic E-state index is -1.02. The van der Waals surface area contributed by atoms with Gasteiger partial charge < -0.3 is 14.6 Å². The van der Waals surface area contributed by atoms with Crippen molar-refractivity contribution in [1.82, 2.24) is 0 Å². The predicted octanol–water partition coefficient (Wildman–Crippen LogP) is 1.77. The molecular weight excluding hydrogens is 236 g/mol. The maximum absolute atomic E-state index is 11.2. The molecule has 1 aliphatic rings. The van der Waals surface area contributed by atoms with Gasteiger partial charge in [0, 0.05) is 0 Å². The number of carbonyl (C=O) groups is 2. The number of hydrogen-bond donors (Lipinski definition) is 1. The average Bonchev–Trinajstić information content (AvgIpc) is 2.72. The Hall–Kier alpha value is -2.04. The number of rotatable bonds is 4. The highest BCUT2D eigenvalue weighted by Crippen LogP contribution is 2.36. The molecule has 0 aliphatic carbocycles. The summed E-state index contributed by atoms with van der Waals surface area (Å²) in [5.74, 6) is -1.68. The molecule has 1 fully saturated rings. The number of esters is 1. The third kappa shape index (κ3) is 2.45. The molecule has 1 saturated heterocycles. The fourth-order valence-corrected chi connectivity index (χ4v) is 2.02. The summed E-state index contributed by atoms with van der Waals surface area (Å²) >= 11 is 0. The Balaban J connectivity index is 2.26. The van der Waals surface area contributed by atoms with Gasteiger partial charge in [0.25, 0.3) is 0 Å². The lowest BCUT2D eigenvalue weighted by atomic mass is 9.95. The fourth-order valence-electron chi connectivity index (χ4n) is 2.02. The number of ether oxygens (including phenoxy) is 2. The van der Waals surface area contributed by atoms with Gasteiger partial charge in [-0.1, -0.05) is 12.1 Å². The van der Waals surface area contributed by atoms with E-state index in [1.807, 2.05) is 6.92 Å². The third-order valence-electron chi connectivity index (χ3n) is 2.83. The van der Waals surface area contributed by atoms with E-state index in [-0.39, 0.29) is 6.42 Å². The number of hydrogen-bond acceptors (Lipinski definition) is 4. The molecule has 18 heavy (non-hydrogen) atoms. The second-order valence-corrected chi connectivity index (χ2v) is 4.06. The van der Waals surface area contributed by atoms with Gasteiger partial charge in [0.05, 0.1) is 13.0 Å². The summed E-state index contributed by atoms with van der Waals surface area (Å²) in [5.41, 5.74) is 0.652. The van der Waals surface area contributed by atoms with E-state index in [1.54, 1.807) is 24.3 Å². The standard InChI is InChI=1S/C13H14O5/c1-2-17-9-5-3-4-8(6-9)12-10(13(15)16)7-11(14)18-12/h3-6,10,12H,2,7H2,1H3,(H,15,16)/t10-,12+/m1/s1. The van der Waals surface area contributed by atoms with Gasteiger partial charge >= 0.3 is 11.9 Å². The first kappa shape index (κ1) is 12.4. The van der Waals surface area contributed by atoms with E-state index < -0.39 is 24.0 Å². The zero-order valence-corrected chi connectivity index (χ0v) is 9.96. The largest absolute Gasteiger partial charge is 0.494 e. The maximum Gasteiger partial charge on any atom is 0.311 e. The predicted molar refractivity (Wildman–Crippen MR) is 62.2 cm³/mol. The normalized spacial score (nSPS) is 22.6. The lowest BCUT2D eigenvalue weighted by molar-refractivity contribution is -0.144. The van der Waals surface area contributed by atoms with Gasteiger partial charge in [-0.3, -0.25) is 9.59 Å². The molecule has 0 aromatic heterocycles. The Morgan fingerprint density at radius 1 is 1.56 bits per heavy atom. The van der Waals surface area contributed by atoms with Gasteiger partial charge in [0.2, 0.25) is 0 Å². The first-order valence-corrected chi connectivity index (χ1v) is 5.77. The molecule has 0 bridgehead atoms. The van der Waals surface area contributed by atoms with Crippen LogP contribution in [0.4, 0.5) is 0 Å². The van der Waals surface area contributed by atoms with Crippen molar-refractivity contribution in [2.75, 3.05) is 6.61 Å². The topological polar surface area (TPSA) is 72.8 Å². The molecule has 0 saturated carbocycles. The van der Waals surface area contributed by atoms with Crippen molar-refractivity contribution in [3.63, 3.8) is 0 Å². The molecule has 0 amide bonds. The Kier molecular flexibility index (Phi) is 3.50. The minimum absolute atomic E-state index is 0.0845. The summed E-state index contributed by atoms with van der Waals surface area (Å²) in [4.78, 5) is 22.3. The smallest absolute Gasteiger partial charge is 0.311 e. The zero-order valence-electron chi connectivity index (χ0n) is 9.96. The average molecular weight is 250 g/mol. The number of cyclic esters (lactones) is 1. The van der Waals surface area contributed by atoms with Crippen LogP contribution in [0.1, 0.15) is 25.0 Å². The SMILES string of the molecule is CCOc1cccc([C@@H]2OC(=O)C[C@H]2C(=O)O)c1. The van der Waals surface area contributed by atoms with Crippen molar-refractivity contribution < 1.29 is 24.2 Å². The molecule has 2 atom stereocenters. The second kappa shape index (κ2) is 5.08. The van der Waals surface area contributed by atoms with Crippen molar-refractivity contribution in [3.05, 3.63) is 29.8 Å². The molecule has 5 nitrogen and oxygen atoms in total. The van der Waals surface area contributed by atoms with Crippen molar-refractivity contribution >= 4 is 11.9 Å². The number of aliphatic carboxylic acids is 1. The van der Waals surface area contributed by atoms with E-state index in [2.05, 4.69) is 0 Å². The van der Waals surface area contributed by atoms with Gasteiger partial charge in [-0.25, -0.2) is 0 Å². The number of carbonyl (C=O) groups excluding carboxylic acids is 1. The monoisotopic (exact) mass is 250 g/mol. The molecular formula is C13H14O5. The molecule has 0 unspecified atom stereocenters. The number of carboxylic acids is 1. The lowest BCUT2D eigenvalue weighted by Crippen LogP contribution is -2.17. The molecule has 0 radical (unpaired) electrons. The quantitative estimate of drug-likeness (QED) is 0.824. The molecule has 1 heterocycles. The van der Waals surface area contributed by atoms with E-state index in [1.165, 1.54) is 0 Å². The van der Waals surface area contributed by atoms with Crippen LogP contribution in [0.25, 0.3) is 0 Å². The summed E-state index contributed by atoms with van der Waals surface area (Å²) in [6.07, 6.45) is -0.811. The Morgan fingerprint density at radius 2 is 2.33 bits per heavy atom. The van der Waals surface area contributed by atoms with Crippen LogP contribution in [0.2, 0.25) is 0 Å². The van der Waals surface area contributed by atoms with E-state index in [0.29, 0.717) is 17.9 Å². The van der Waals surface area contributed by atoms with E-state index in [0.717, 1.165) is 0 Å².